The molecule has 0 aromatic carbocycles. The molecule has 2 heteroatoms. The van der Waals surface area contributed by atoms with Crippen molar-refractivity contribution < 1.29 is 15.5 Å². The molecule has 0 bridgehead atoms. The molecular weight excluding hydrogens is 109 g/mol. The molecule has 0 aliphatic rings. The summed E-state index contributed by atoms with van der Waals surface area (Å²) in [5.74, 6) is 0. The topological polar surface area (TPSA) is 12.4 Å². The molecule has 1 nitrogen and oxygen atoms in total. The van der Waals surface area contributed by atoms with Gasteiger partial charge in [0.15, 0.2) is 0 Å². The average Bonchev–Trinajstić information content (AvgIpc) is 1.38. The zero-order chi connectivity index (χ0) is 4.28. The van der Waals surface area contributed by atoms with Gasteiger partial charge < -0.3 is 0 Å². The third-order valence-electron chi connectivity index (χ3n) is 0.172. The van der Waals surface area contributed by atoms with Gasteiger partial charge in [0.2, 0.25) is 0 Å². The molecule has 0 saturated carbocycles. The molecule has 0 aliphatic heterocycles. The van der Waals surface area contributed by atoms with Gasteiger partial charge in [0.25, 0.3) is 0 Å². The molecular formula is C3H7CoN. The molecule has 0 aromatic heterocycles. The normalized spacial score (nSPS) is 8.80. The Balaban J connectivity index is 2.83. The summed E-state index contributed by atoms with van der Waals surface area (Å²) in [6.07, 6.45) is 0. The van der Waals surface area contributed by atoms with Crippen LogP contribution >= 0.6 is 0 Å². The molecule has 0 spiro atoms. The Labute approximate surface area is 40.2 Å². The molecule has 0 fully saturated rings. The predicted octanol–water partition coefficient (Wildman–Crippen LogP) is 1.13. The molecule has 0 N–H and O–H groups in total. The summed E-state index contributed by atoms with van der Waals surface area (Å²) < 4.78 is 3.58. The maximum absolute atomic E-state index is 3.68. The molecule has 0 saturated heterocycles. The zero-order valence-corrected chi connectivity index (χ0v) is 4.40. The Hall–Kier alpha value is 0.306. The molecule has 0 aromatic rings. The van der Waals surface area contributed by atoms with Crippen molar-refractivity contribution in [1.29, 1.82) is 0 Å². The third kappa shape index (κ3) is 4.31. The standard InChI is InChI=1S/C3H7N.Co/c1-3(2)4;/h3H,1-2H3;. The van der Waals surface area contributed by atoms with Gasteiger partial charge in [0.1, 0.15) is 0 Å². The Morgan fingerprint density at radius 2 is 1.80 bits per heavy atom. The summed E-state index contributed by atoms with van der Waals surface area (Å²) in [4.78, 5) is 0. The van der Waals surface area contributed by atoms with Crippen molar-refractivity contribution in [1.82, 2.24) is 0 Å². The zero-order valence-electron chi connectivity index (χ0n) is 3.36. The van der Waals surface area contributed by atoms with Crippen molar-refractivity contribution in [2.45, 2.75) is 19.9 Å². The SMILES string of the molecule is CC(C)[N]=[Co]. The summed E-state index contributed by atoms with van der Waals surface area (Å²) in [7, 11) is 0. The first-order chi connectivity index (χ1) is 2.27. The third-order valence-corrected chi connectivity index (χ3v) is 0.710. The molecule has 0 radical (unpaired) electrons. The van der Waals surface area contributed by atoms with E-state index in [0.29, 0.717) is 6.04 Å². The second-order valence-electron chi connectivity index (χ2n) is 1.18. The molecule has 0 aliphatic carbocycles. The van der Waals surface area contributed by atoms with E-state index in [2.05, 4.69) is 19.5 Å². The van der Waals surface area contributed by atoms with Gasteiger partial charge in [-0.2, -0.15) is 0 Å². The van der Waals surface area contributed by atoms with Gasteiger partial charge in [0, 0.05) is 0 Å². The van der Waals surface area contributed by atoms with Crippen molar-refractivity contribution >= 4 is 0 Å². The Morgan fingerprint density at radius 3 is 1.80 bits per heavy atom. The summed E-state index contributed by atoms with van der Waals surface area (Å²) >= 11 is 3.68. The van der Waals surface area contributed by atoms with Crippen LogP contribution in [0.4, 0.5) is 0 Å². The fourth-order valence-corrected chi connectivity index (χ4v) is 0. The summed E-state index contributed by atoms with van der Waals surface area (Å²) in [5.41, 5.74) is 0. The summed E-state index contributed by atoms with van der Waals surface area (Å²) in [6.45, 7) is 3.95. The van der Waals surface area contributed by atoms with Crippen molar-refractivity contribution in [3.05, 3.63) is 0 Å². The molecule has 0 atom stereocenters. The van der Waals surface area contributed by atoms with Gasteiger partial charge in [-0.15, -0.1) is 0 Å². The second-order valence-corrected chi connectivity index (χ2v) is 1.45. The van der Waals surface area contributed by atoms with Crippen LogP contribution in [-0.2, 0) is 15.5 Å². The number of rotatable bonds is 1. The van der Waals surface area contributed by atoms with E-state index in [1.54, 1.807) is 0 Å². The first kappa shape index (κ1) is 5.31. The van der Waals surface area contributed by atoms with E-state index in [-0.39, 0.29) is 0 Å². The van der Waals surface area contributed by atoms with E-state index in [1.807, 2.05) is 13.8 Å². The van der Waals surface area contributed by atoms with Crippen LogP contribution < -0.4 is 0 Å². The van der Waals surface area contributed by atoms with Crippen LogP contribution in [0.25, 0.3) is 0 Å². The fourth-order valence-electron chi connectivity index (χ4n) is 0. The van der Waals surface area contributed by atoms with Gasteiger partial charge in [-0.25, -0.2) is 0 Å². The monoisotopic (exact) mass is 116 g/mol. The van der Waals surface area contributed by atoms with E-state index in [4.69, 9.17) is 0 Å². The second kappa shape index (κ2) is 2.54. The Kier molecular flexibility index (Phi) is 2.69. The minimum atomic E-state index is 0.370. The van der Waals surface area contributed by atoms with Crippen molar-refractivity contribution in [3.63, 3.8) is 0 Å². The summed E-state index contributed by atoms with van der Waals surface area (Å²) in [6, 6.07) is 0.370. The minimum absolute atomic E-state index is 0.370. The van der Waals surface area contributed by atoms with Crippen LogP contribution in [0.15, 0.2) is 4.00 Å². The molecule has 5 heavy (non-hydrogen) atoms. The first-order valence-electron chi connectivity index (χ1n) is 1.56. The van der Waals surface area contributed by atoms with Gasteiger partial charge in [0.05, 0.1) is 0 Å². The molecule has 0 unspecified atom stereocenters. The molecule has 0 heterocycles. The van der Waals surface area contributed by atoms with E-state index < -0.39 is 0 Å². The van der Waals surface area contributed by atoms with E-state index >= 15 is 0 Å². The van der Waals surface area contributed by atoms with Crippen LogP contribution in [0.5, 0.6) is 0 Å². The van der Waals surface area contributed by atoms with Gasteiger partial charge in [-0.1, -0.05) is 0 Å². The van der Waals surface area contributed by atoms with Crippen molar-refractivity contribution in [2.75, 3.05) is 0 Å². The maximum atomic E-state index is 3.68. The molecule has 33 valence electrons. The van der Waals surface area contributed by atoms with Gasteiger partial charge in [-0.3, -0.25) is 0 Å². The van der Waals surface area contributed by atoms with Crippen LogP contribution in [0.3, 0.4) is 0 Å². The first-order valence-corrected chi connectivity index (χ1v) is 2.03. The van der Waals surface area contributed by atoms with Crippen molar-refractivity contribution in [3.8, 4) is 0 Å². The van der Waals surface area contributed by atoms with E-state index in [0.717, 1.165) is 0 Å². The number of hydrogen-bond donors (Lipinski definition) is 0. The Morgan fingerprint density at radius 1 is 1.60 bits per heavy atom. The van der Waals surface area contributed by atoms with E-state index in [9.17, 15) is 0 Å². The van der Waals surface area contributed by atoms with Crippen LogP contribution in [0.1, 0.15) is 13.8 Å². The van der Waals surface area contributed by atoms with Crippen LogP contribution in [-0.4, -0.2) is 6.04 Å². The average molecular weight is 116 g/mol. The molecule has 0 amide bonds. The quantitative estimate of drug-likeness (QED) is 0.486. The van der Waals surface area contributed by atoms with Crippen LogP contribution in [0, 0.1) is 0 Å². The van der Waals surface area contributed by atoms with Gasteiger partial charge >= 0.3 is 39.4 Å². The van der Waals surface area contributed by atoms with E-state index in [1.165, 1.54) is 0 Å². The Bertz CT molecular complexity index is 33.9. The van der Waals surface area contributed by atoms with Gasteiger partial charge in [-0.05, 0) is 0 Å². The molecule has 0 rings (SSSR count). The number of hydrogen-bond acceptors (Lipinski definition) is 1. The predicted molar refractivity (Wildman–Crippen MR) is 17.6 cm³/mol. The number of nitrogens with zero attached hydrogens (tertiary/aromatic N) is 1. The summed E-state index contributed by atoms with van der Waals surface area (Å²) in [5, 5.41) is 0. The van der Waals surface area contributed by atoms with Crippen molar-refractivity contribution in [2.24, 2.45) is 4.00 Å². The fraction of sp³-hybridized carbons (Fsp3) is 1.00. The van der Waals surface area contributed by atoms with Crippen LogP contribution in [0.2, 0.25) is 0 Å².